The van der Waals surface area contributed by atoms with Crippen molar-refractivity contribution in [2.24, 2.45) is 0 Å². The van der Waals surface area contributed by atoms with Crippen molar-refractivity contribution in [1.29, 1.82) is 5.26 Å². The van der Waals surface area contributed by atoms with Crippen LogP contribution in [0.2, 0.25) is 10.0 Å². The van der Waals surface area contributed by atoms with E-state index in [1.54, 1.807) is 50.2 Å². The molecule has 2 aliphatic heterocycles. The number of carboxylic acid groups (broad SMARTS) is 1. The Hall–Kier alpha value is -6.81. The summed E-state index contributed by atoms with van der Waals surface area (Å²) < 4.78 is 24.2. The highest BCUT2D eigenvalue weighted by atomic mass is 35.5. The Bertz CT molecular complexity index is 2680. The van der Waals surface area contributed by atoms with E-state index in [0.29, 0.717) is 56.7 Å². The lowest BCUT2D eigenvalue weighted by Crippen LogP contribution is -2.56. The van der Waals surface area contributed by atoms with Gasteiger partial charge >= 0.3 is 5.97 Å². The van der Waals surface area contributed by atoms with Gasteiger partial charge in [0.1, 0.15) is 36.8 Å². The van der Waals surface area contributed by atoms with Gasteiger partial charge < -0.3 is 34.0 Å². The first-order chi connectivity index (χ1) is 29.4. The van der Waals surface area contributed by atoms with Gasteiger partial charge in [-0.05, 0) is 94.4 Å². The highest BCUT2D eigenvalue weighted by Gasteiger charge is 2.39. The Morgan fingerprint density at radius 2 is 1.59 bits per heavy atom. The Labute approximate surface area is 361 Å². The van der Waals surface area contributed by atoms with Gasteiger partial charge in [0.2, 0.25) is 5.91 Å². The van der Waals surface area contributed by atoms with Gasteiger partial charge in [-0.2, -0.15) is 5.26 Å². The van der Waals surface area contributed by atoms with Crippen LogP contribution in [0.15, 0.2) is 108 Å². The van der Waals surface area contributed by atoms with Crippen LogP contribution in [-0.2, 0) is 35.6 Å². The molecule has 0 aliphatic carbocycles. The van der Waals surface area contributed by atoms with E-state index in [4.69, 9.17) is 47.1 Å². The molecule has 1 aromatic heterocycles. The van der Waals surface area contributed by atoms with E-state index >= 15 is 0 Å². The van der Waals surface area contributed by atoms with Crippen molar-refractivity contribution < 1.29 is 38.1 Å². The van der Waals surface area contributed by atoms with E-state index in [0.717, 1.165) is 33.4 Å². The van der Waals surface area contributed by atoms with Crippen LogP contribution >= 0.6 is 23.2 Å². The average Bonchev–Trinajstić information content (AvgIpc) is 3.62. The standard InChI is InChI=1S/C47H38Cl2N4O8/c1-26-44(51-27(2)60-26)46(55)53-23-35-21-42-41(59-25-43(61-42)33-12-14-36(15-13-33)58-24-30-7-16-37(48)38(49)17-30)20-34(35)19-40(53)45(54)52-39(47(56)57)18-28-3-8-31(9-4-28)32-10-5-29(22-50)6-11-32/h3-17,20-21,39-40,43H,18-19,23-25H2,1-2H3,(H,52,54)(H,56,57)/t39-,40-,43+/m0/s1. The van der Waals surface area contributed by atoms with Crippen LogP contribution < -0.4 is 19.5 Å². The molecule has 0 bridgehead atoms. The number of rotatable bonds is 11. The lowest BCUT2D eigenvalue weighted by atomic mass is 9.91. The summed E-state index contributed by atoms with van der Waals surface area (Å²) in [4.78, 5) is 46.6. The smallest absolute Gasteiger partial charge is 0.326 e. The van der Waals surface area contributed by atoms with Crippen molar-refractivity contribution in [3.63, 3.8) is 0 Å². The summed E-state index contributed by atoms with van der Waals surface area (Å²) in [6, 6.07) is 30.7. The first-order valence-electron chi connectivity index (χ1n) is 19.4. The van der Waals surface area contributed by atoms with Crippen LogP contribution in [0.1, 0.15) is 61.6 Å². The number of hydrogen-bond acceptors (Lipinski definition) is 9. The SMILES string of the molecule is Cc1nc(C(=O)N2Cc3cc4c(cc3C[C@H]2C(=O)N[C@@H](Cc2ccc(-c3ccc(C#N)cc3)cc2)C(=O)O)OC[C@H](c2ccc(OCc3ccc(Cl)c(Cl)c3)cc2)O4)c(C)o1. The highest BCUT2D eigenvalue weighted by molar-refractivity contribution is 6.42. The van der Waals surface area contributed by atoms with E-state index in [1.807, 2.05) is 66.7 Å². The molecule has 8 rings (SSSR count). The van der Waals surface area contributed by atoms with Gasteiger partial charge in [0, 0.05) is 26.3 Å². The topological polar surface area (TPSA) is 164 Å². The first kappa shape index (κ1) is 40.9. The number of aryl methyl sites for hydroxylation is 2. The Morgan fingerprint density at radius 1 is 0.902 bits per heavy atom. The summed E-state index contributed by atoms with van der Waals surface area (Å²) in [5.74, 6) is -0.144. The molecule has 2 N–H and O–H groups in total. The summed E-state index contributed by atoms with van der Waals surface area (Å²) in [6.07, 6.45) is -0.351. The van der Waals surface area contributed by atoms with E-state index in [9.17, 15) is 19.5 Å². The third-order valence-electron chi connectivity index (χ3n) is 10.7. The summed E-state index contributed by atoms with van der Waals surface area (Å²) in [6.45, 7) is 3.81. The number of benzene rings is 5. The lowest BCUT2D eigenvalue weighted by molar-refractivity contribution is -0.142. The molecule has 5 aromatic carbocycles. The number of nitriles is 1. The molecule has 0 fully saturated rings. The summed E-state index contributed by atoms with van der Waals surface area (Å²) in [7, 11) is 0. The number of aliphatic carboxylic acids is 1. The quantitative estimate of drug-likeness (QED) is 0.129. The molecular weight excluding hydrogens is 819 g/mol. The zero-order valence-electron chi connectivity index (χ0n) is 33.0. The van der Waals surface area contributed by atoms with Crippen LogP contribution in [0.3, 0.4) is 0 Å². The second-order valence-corrected chi connectivity index (χ2v) is 15.7. The number of amides is 2. The minimum absolute atomic E-state index is 0.00189. The van der Waals surface area contributed by atoms with E-state index in [-0.39, 0.29) is 31.7 Å². The average molecular weight is 858 g/mol. The van der Waals surface area contributed by atoms with Gasteiger partial charge in [-0.3, -0.25) is 9.59 Å². The fraction of sp³-hybridized carbons (Fsp3) is 0.213. The number of aromatic nitrogens is 1. The van der Waals surface area contributed by atoms with Crippen molar-refractivity contribution in [2.45, 2.75) is 58.0 Å². The number of fused-ring (bicyclic) bond motifs is 2. The van der Waals surface area contributed by atoms with E-state index in [1.165, 1.54) is 4.90 Å². The highest BCUT2D eigenvalue weighted by Crippen LogP contribution is 2.41. The number of carboxylic acids is 1. The maximum atomic E-state index is 14.2. The van der Waals surface area contributed by atoms with Crippen molar-refractivity contribution in [3.05, 3.63) is 164 Å². The minimum Gasteiger partial charge on any atom is -0.489 e. The van der Waals surface area contributed by atoms with Crippen LogP contribution in [0.25, 0.3) is 11.1 Å². The number of hydrogen-bond donors (Lipinski definition) is 2. The number of nitrogens with one attached hydrogen (secondary N) is 1. The van der Waals surface area contributed by atoms with Crippen LogP contribution in [-0.4, -0.2) is 51.5 Å². The molecular formula is C47H38Cl2N4O8. The first-order valence-corrected chi connectivity index (χ1v) is 20.2. The normalized spacial score (nSPS) is 15.9. The molecule has 2 amide bonds. The third kappa shape index (κ3) is 9.04. The van der Waals surface area contributed by atoms with E-state index in [2.05, 4.69) is 16.4 Å². The van der Waals surface area contributed by atoms with Crippen molar-refractivity contribution in [1.82, 2.24) is 15.2 Å². The third-order valence-corrected chi connectivity index (χ3v) is 11.5. The fourth-order valence-corrected chi connectivity index (χ4v) is 7.80. The maximum Gasteiger partial charge on any atom is 0.326 e. The molecule has 3 atom stereocenters. The second-order valence-electron chi connectivity index (χ2n) is 14.9. The molecule has 0 saturated heterocycles. The van der Waals surface area contributed by atoms with Gasteiger partial charge in [0.25, 0.3) is 5.91 Å². The second kappa shape index (κ2) is 17.4. The molecule has 61 heavy (non-hydrogen) atoms. The summed E-state index contributed by atoms with van der Waals surface area (Å²) in [5, 5.41) is 23.0. The van der Waals surface area contributed by atoms with Gasteiger partial charge in [0.05, 0.1) is 21.7 Å². The summed E-state index contributed by atoms with van der Waals surface area (Å²) >= 11 is 12.2. The maximum absolute atomic E-state index is 14.2. The molecule has 12 nitrogen and oxygen atoms in total. The van der Waals surface area contributed by atoms with Gasteiger partial charge in [-0.15, -0.1) is 0 Å². The number of carbonyl (C=O) groups excluding carboxylic acids is 2. The van der Waals surface area contributed by atoms with Crippen LogP contribution in [0.5, 0.6) is 17.2 Å². The lowest BCUT2D eigenvalue weighted by Gasteiger charge is -2.37. The molecule has 0 spiro atoms. The van der Waals surface area contributed by atoms with Gasteiger partial charge in [-0.25, -0.2) is 9.78 Å². The molecule has 308 valence electrons. The largest absolute Gasteiger partial charge is 0.489 e. The van der Waals surface area contributed by atoms with Gasteiger partial charge in [0.15, 0.2) is 29.2 Å². The molecule has 0 saturated carbocycles. The molecule has 14 heteroatoms. The predicted molar refractivity (Wildman–Crippen MR) is 226 cm³/mol. The van der Waals surface area contributed by atoms with Crippen molar-refractivity contribution in [3.8, 4) is 34.4 Å². The number of halogens is 2. The molecule has 3 heterocycles. The number of ether oxygens (including phenoxy) is 3. The Kier molecular flexibility index (Phi) is 11.7. The summed E-state index contributed by atoms with van der Waals surface area (Å²) in [5.41, 5.74) is 6.34. The fourth-order valence-electron chi connectivity index (χ4n) is 7.48. The Morgan fingerprint density at radius 3 is 2.25 bits per heavy atom. The minimum atomic E-state index is -1.29. The predicted octanol–water partition coefficient (Wildman–Crippen LogP) is 8.61. The van der Waals surface area contributed by atoms with Gasteiger partial charge in [-0.1, -0.05) is 77.8 Å². The number of nitrogens with zero attached hydrogens (tertiary/aromatic N) is 3. The molecule has 0 radical (unpaired) electrons. The number of carbonyl (C=O) groups is 3. The number of oxazole rings is 1. The molecule has 2 aliphatic rings. The van der Waals surface area contributed by atoms with Crippen molar-refractivity contribution >= 4 is 41.0 Å². The monoisotopic (exact) mass is 856 g/mol. The Balaban J connectivity index is 0.986. The van der Waals surface area contributed by atoms with Crippen molar-refractivity contribution in [2.75, 3.05) is 6.61 Å². The molecule has 0 unspecified atom stereocenters. The van der Waals surface area contributed by atoms with Crippen LogP contribution in [0, 0.1) is 25.2 Å². The van der Waals surface area contributed by atoms with Crippen LogP contribution in [0.4, 0.5) is 0 Å². The zero-order valence-corrected chi connectivity index (χ0v) is 34.5. The molecule has 6 aromatic rings. The van der Waals surface area contributed by atoms with E-state index < -0.39 is 36.0 Å². The zero-order chi connectivity index (χ0) is 42.8.